The van der Waals surface area contributed by atoms with E-state index in [2.05, 4.69) is 18.6 Å². The Morgan fingerprint density at radius 1 is 1.24 bits per heavy atom. The van der Waals surface area contributed by atoms with Gasteiger partial charge in [-0.2, -0.15) is 0 Å². The lowest BCUT2D eigenvalue weighted by molar-refractivity contribution is 0.0696. The van der Waals surface area contributed by atoms with Crippen molar-refractivity contribution in [2.24, 2.45) is 5.92 Å². The summed E-state index contributed by atoms with van der Waals surface area (Å²) in [6.45, 7) is 7.50. The molecule has 1 aromatic carbocycles. The molecule has 1 aromatic rings. The van der Waals surface area contributed by atoms with Gasteiger partial charge in [-0.1, -0.05) is 19.9 Å². The molecule has 0 aliphatic heterocycles. The van der Waals surface area contributed by atoms with Crippen LogP contribution in [0.25, 0.3) is 0 Å². The van der Waals surface area contributed by atoms with Gasteiger partial charge in [0.15, 0.2) is 0 Å². The molecule has 2 N–H and O–H groups in total. The highest BCUT2D eigenvalue weighted by Gasteiger charge is 2.22. The Kier molecular flexibility index (Phi) is 5.92. The van der Waals surface area contributed by atoms with E-state index in [0.717, 1.165) is 12.8 Å². The van der Waals surface area contributed by atoms with Crippen molar-refractivity contribution in [2.45, 2.75) is 51.5 Å². The van der Waals surface area contributed by atoms with Crippen LogP contribution < -0.4 is 4.72 Å². The van der Waals surface area contributed by atoms with Crippen LogP contribution in [0.15, 0.2) is 23.1 Å². The summed E-state index contributed by atoms with van der Waals surface area (Å²) in [5, 5.41) is 9.07. The first-order valence-electron chi connectivity index (χ1n) is 7.00. The van der Waals surface area contributed by atoms with E-state index >= 15 is 0 Å². The van der Waals surface area contributed by atoms with Crippen molar-refractivity contribution < 1.29 is 18.3 Å². The largest absolute Gasteiger partial charge is 0.478 e. The van der Waals surface area contributed by atoms with Gasteiger partial charge in [-0.05, 0) is 50.3 Å². The van der Waals surface area contributed by atoms with E-state index in [1.54, 1.807) is 0 Å². The minimum absolute atomic E-state index is 0.00714. The molecule has 0 fully saturated rings. The Bertz CT molecular complexity index is 608. The number of nitrogens with one attached hydrogen (secondary N) is 1. The van der Waals surface area contributed by atoms with Gasteiger partial charge in [0.1, 0.15) is 0 Å². The van der Waals surface area contributed by atoms with Crippen molar-refractivity contribution in [2.75, 3.05) is 0 Å². The predicted octanol–water partition coefficient (Wildman–Crippen LogP) is 2.80. The minimum Gasteiger partial charge on any atom is -0.478 e. The lowest BCUT2D eigenvalue weighted by Crippen LogP contribution is -2.33. The monoisotopic (exact) mass is 313 g/mol. The summed E-state index contributed by atoms with van der Waals surface area (Å²) in [4.78, 5) is 11.1. The van der Waals surface area contributed by atoms with Crippen LogP contribution in [-0.2, 0) is 10.0 Å². The summed E-state index contributed by atoms with van der Waals surface area (Å²) in [5.74, 6) is -0.619. The zero-order valence-corrected chi connectivity index (χ0v) is 13.7. The molecule has 0 aromatic heterocycles. The third-order valence-electron chi connectivity index (χ3n) is 3.34. The molecule has 0 heterocycles. The number of benzene rings is 1. The van der Waals surface area contributed by atoms with E-state index in [1.165, 1.54) is 25.1 Å². The average Bonchev–Trinajstić information content (AvgIpc) is 2.35. The summed E-state index contributed by atoms with van der Waals surface area (Å²) in [5.41, 5.74) is 0.265. The van der Waals surface area contributed by atoms with Crippen LogP contribution >= 0.6 is 0 Å². The molecule has 6 heteroatoms. The Morgan fingerprint density at radius 2 is 1.86 bits per heavy atom. The first kappa shape index (κ1) is 17.7. The predicted molar refractivity (Wildman–Crippen MR) is 82.0 cm³/mol. The number of sulfonamides is 1. The molecular weight excluding hydrogens is 290 g/mol. The lowest BCUT2D eigenvalue weighted by atomic mass is 10.1. The molecule has 0 amide bonds. The van der Waals surface area contributed by atoms with Gasteiger partial charge in [-0.3, -0.25) is 0 Å². The van der Waals surface area contributed by atoms with Crippen molar-refractivity contribution >= 4 is 16.0 Å². The SMILES string of the molecule is Cc1c(C(=O)O)cccc1S(=O)(=O)NC(C)CCC(C)C. The smallest absolute Gasteiger partial charge is 0.335 e. The van der Waals surface area contributed by atoms with Crippen molar-refractivity contribution in [3.05, 3.63) is 29.3 Å². The van der Waals surface area contributed by atoms with Crippen LogP contribution in [0.2, 0.25) is 0 Å². The topological polar surface area (TPSA) is 83.5 Å². The van der Waals surface area contributed by atoms with E-state index < -0.39 is 16.0 Å². The number of hydrogen-bond acceptors (Lipinski definition) is 3. The zero-order valence-electron chi connectivity index (χ0n) is 12.9. The third-order valence-corrected chi connectivity index (χ3v) is 5.07. The van der Waals surface area contributed by atoms with Gasteiger partial charge in [0.2, 0.25) is 10.0 Å². The van der Waals surface area contributed by atoms with Crippen LogP contribution in [0, 0.1) is 12.8 Å². The fourth-order valence-electron chi connectivity index (χ4n) is 2.11. The maximum Gasteiger partial charge on any atom is 0.335 e. The van der Waals surface area contributed by atoms with E-state index in [4.69, 9.17) is 5.11 Å². The minimum atomic E-state index is -3.71. The molecule has 0 aliphatic rings. The second-order valence-corrected chi connectivity index (χ2v) is 7.41. The van der Waals surface area contributed by atoms with Gasteiger partial charge < -0.3 is 5.11 Å². The molecule has 0 aliphatic carbocycles. The van der Waals surface area contributed by atoms with E-state index in [-0.39, 0.29) is 22.1 Å². The molecule has 1 rings (SSSR count). The Hall–Kier alpha value is -1.40. The maximum atomic E-state index is 12.4. The lowest BCUT2D eigenvalue weighted by Gasteiger charge is -2.17. The second-order valence-electron chi connectivity index (χ2n) is 5.73. The normalized spacial score (nSPS) is 13.4. The second kappa shape index (κ2) is 7.04. The van der Waals surface area contributed by atoms with Crippen molar-refractivity contribution in [1.82, 2.24) is 4.72 Å². The Balaban J connectivity index is 2.98. The Morgan fingerprint density at radius 3 is 2.38 bits per heavy atom. The van der Waals surface area contributed by atoms with Gasteiger partial charge in [-0.25, -0.2) is 17.9 Å². The van der Waals surface area contributed by atoms with Crippen LogP contribution in [-0.4, -0.2) is 25.5 Å². The molecule has 1 atom stereocenters. The number of carboxylic acids is 1. The summed E-state index contributed by atoms with van der Waals surface area (Å²) in [6.07, 6.45) is 1.67. The highest BCUT2D eigenvalue weighted by molar-refractivity contribution is 7.89. The molecule has 0 radical (unpaired) electrons. The van der Waals surface area contributed by atoms with Crippen LogP contribution in [0.1, 0.15) is 49.5 Å². The van der Waals surface area contributed by atoms with Gasteiger partial charge in [0.05, 0.1) is 10.5 Å². The quantitative estimate of drug-likeness (QED) is 0.811. The van der Waals surface area contributed by atoms with Gasteiger partial charge in [0, 0.05) is 6.04 Å². The van der Waals surface area contributed by atoms with Crippen LogP contribution in [0.4, 0.5) is 0 Å². The number of carbonyl (C=O) groups is 1. The molecule has 21 heavy (non-hydrogen) atoms. The molecule has 0 saturated carbocycles. The van der Waals surface area contributed by atoms with Gasteiger partial charge >= 0.3 is 5.97 Å². The molecular formula is C15H23NO4S. The van der Waals surface area contributed by atoms with Gasteiger partial charge in [0.25, 0.3) is 0 Å². The van der Waals surface area contributed by atoms with Crippen LogP contribution in [0.5, 0.6) is 0 Å². The fourth-order valence-corrected chi connectivity index (χ4v) is 3.65. The summed E-state index contributed by atoms with van der Waals surface area (Å²) >= 11 is 0. The first-order valence-corrected chi connectivity index (χ1v) is 8.48. The van der Waals surface area contributed by atoms with E-state index in [9.17, 15) is 13.2 Å². The highest BCUT2D eigenvalue weighted by Crippen LogP contribution is 2.20. The van der Waals surface area contributed by atoms with Crippen LogP contribution in [0.3, 0.4) is 0 Å². The van der Waals surface area contributed by atoms with Crippen molar-refractivity contribution in [3.63, 3.8) is 0 Å². The fraction of sp³-hybridized carbons (Fsp3) is 0.533. The van der Waals surface area contributed by atoms with Crippen molar-refractivity contribution in [3.8, 4) is 0 Å². The number of rotatable bonds is 7. The zero-order chi connectivity index (χ0) is 16.2. The molecule has 1 unspecified atom stereocenters. The Labute approximate surface area is 126 Å². The summed E-state index contributed by atoms with van der Waals surface area (Å²) in [6, 6.07) is 4.09. The average molecular weight is 313 g/mol. The van der Waals surface area contributed by atoms with Gasteiger partial charge in [-0.15, -0.1) is 0 Å². The van der Waals surface area contributed by atoms with Crippen molar-refractivity contribution in [1.29, 1.82) is 0 Å². The number of aromatic carboxylic acids is 1. The highest BCUT2D eigenvalue weighted by atomic mass is 32.2. The summed E-state index contributed by atoms with van der Waals surface area (Å²) < 4.78 is 27.4. The van der Waals surface area contributed by atoms with E-state index in [0.29, 0.717) is 5.92 Å². The molecule has 0 spiro atoms. The standard InChI is InChI=1S/C15H23NO4S/c1-10(2)8-9-11(3)16-21(19,20)14-7-5-6-13(12(14)4)15(17)18/h5-7,10-11,16H,8-9H2,1-4H3,(H,17,18). The van der Waals surface area contributed by atoms with E-state index in [1.807, 2.05) is 6.92 Å². The molecule has 118 valence electrons. The molecule has 5 nitrogen and oxygen atoms in total. The maximum absolute atomic E-state index is 12.4. The number of hydrogen-bond donors (Lipinski definition) is 2. The molecule has 0 bridgehead atoms. The third kappa shape index (κ3) is 4.82. The number of carboxylic acid groups (broad SMARTS) is 1. The first-order chi connectivity index (χ1) is 9.65. The molecule has 0 saturated heterocycles. The summed E-state index contributed by atoms with van der Waals surface area (Å²) in [7, 11) is -3.71.